The van der Waals surface area contributed by atoms with Crippen molar-refractivity contribution in [2.24, 2.45) is 5.92 Å². The van der Waals surface area contributed by atoms with E-state index in [9.17, 15) is 19.8 Å². The highest BCUT2D eigenvalue weighted by atomic mass is 16.4. The van der Waals surface area contributed by atoms with Crippen molar-refractivity contribution in [1.82, 2.24) is 0 Å². The van der Waals surface area contributed by atoms with Gasteiger partial charge in [-0.2, -0.15) is 0 Å². The second-order valence-electron chi connectivity index (χ2n) is 7.66. The fraction of sp³-hybridized carbons (Fsp3) is 0.0714. The van der Waals surface area contributed by atoms with E-state index in [-0.39, 0.29) is 0 Å². The van der Waals surface area contributed by atoms with Crippen LogP contribution in [-0.4, -0.2) is 22.2 Å². The Kier molecular flexibility index (Phi) is 5.86. The maximum absolute atomic E-state index is 12.4. The van der Waals surface area contributed by atoms with Gasteiger partial charge in [-0.15, -0.1) is 0 Å². The van der Waals surface area contributed by atoms with Crippen LogP contribution >= 0.6 is 0 Å². The highest BCUT2D eigenvalue weighted by Gasteiger charge is 2.51. The minimum absolute atomic E-state index is 0.429. The fourth-order valence-corrected chi connectivity index (χ4v) is 4.16. The van der Waals surface area contributed by atoms with Crippen molar-refractivity contribution in [1.29, 1.82) is 0 Å². The van der Waals surface area contributed by atoms with Crippen molar-refractivity contribution in [3.05, 3.63) is 126 Å². The quantitative estimate of drug-likeness (QED) is 0.543. The number of aliphatic carboxylic acids is 2. The van der Waals surface area contributed by atoms with Crippen molar-refractivity contribution in [3.63, 3.8) is 0 Å². The molecule has 2 atom stereocenters. The number of carboxylic acids is 2. The van der Waals surface area contributed by atoms with Crippen molar-refractivity contribution >= 4 is 18.0 Å². The van der Waals surface area contributed by atoms with Gasteiger partial charge < -0.3 is 10.2 Å². The lowest BCUT2D eigenvalue weighted by Crippen LogP contribution is -2.46. The average Bonchev–Trinajstić information content (AvgIpc) is 2.83. The second kappa shape index (κ2) is 8.90. The van der Waals surface area contributed by atoms with Gasteiger partial charge in [0.15, 0.2) is 0 Å². The highest BCUT2D eigenvalue weighted by molar-refractivity contribution is 5.94. The van der Waals surface area contributed by atoms with E-state index in [1.54, 1.807) is 48.6 Å². The predicted octanol–water partition coefficient (Wildman–Crippen LogP) is 5.59. The van der Waals surface area contributed by atoms with Crippen LogP contribution in [0.1, 0.15) is 11.1 Å². The Hall–Kier alpha value is -4.18. The normalized spacial score (nSPS) is 20.1. The molecule has 4 heteroatoms. The van der Waals surface area contributed by atoms with E-state index in [1.807, 2.05) is 60.7 Å². The van der Waals surface area contributed by atoms with Crippen LogP contribution in [0.2, 0.25) is 0 Å². The molecule has 0 spiro atoms. The molecule has 0 saturated heterocycles. The molecule has 0 radical (unpaired) electrons. The fourth-order valence-electron chi connectivity index (χ4n) is 4.16. The second-order valence-corrected chi connectivity index (χ2v) is 7.66. The number of allylic oxidation sites excluding steroid dienone is 3. The number of hydrogen-bond acceptors (Lipinski definition) is 2. The van der Waals surface area contributed by atoms with Crippen LogP contribution in [0.4, 0.5) is 0 Å². The van der Waals surface area contributed by atoms with E-state index in [0.29, 0.717) is 11.1 Å². The first-order valence-corrected chi connectivity index (χ1v) is 10.3. The molecule has 0 saturated carbocycles. The molecule has 32 heavy (non-hydrogen) atoms. The summed E-state index contributed by atoms with van der Waals surface area (Å²) in [4.78, 5) is 24.7. The molecule has 0 aliphatic heterocycles. The first-order chi connectivity index (χ1) is 15.5. The zero-order valence-corrected chi connectivity index (χ0v) is 17.3. The number of benzene rings is 3. The van der Waals surface area contributed by atoms with E-state index < -0.39 is 23.3 Å². The molecule has 3 aromatic rings. The summed E-state index contributed by atoms with van der Waals surface area (Å²) < 4.78 is 0. The Bertz CT molecular complexity index is 1210. The van der Waals surface area contributed by atoms with Gasteiger partial charge in [0.1, 0.15) is 11.3 Å². The molecule has 1 aliphatic carbocycles. The van der Waals surface area contributed by atoms with Gasteiger partial charge in [-0.3, -0.25) is 9.59 Å². The average molecular weight is 422 g/mol. The minimum atomic E-state index is -1.68. The molecule has 4 rings (SSSR count). The largest absolute Gasteiger partial charge is 0.481 e. The Morgan fingerprint density at radius 1 is 0.750 bits per heavy atom. The molecule has 0 aromatic heterocycles. The lowest BCUT2D eigenvalue weighted by atomic mass is 9.65. The van der Waals surface area contributed by atoms with E-state index in [0.717, 1.165) is 16.7 Å². The van der Waals surface area contributed by atoms with Crippen LogP contribution in [0.25, 0.3) is 17.2 Å². The number of rotatable bonds is 6. The van der Waals surface area contributed by atoms with Crippen LogP contribution in [-0.2, 0) is 15.0 Å². The molecule has 2 N–H and O–H groups in total. The van der Waals surface area contributed by atoms with Crippen molar-refractivity contribution in [3.8, 4) is 11.1 Å². The van der Waals surface area contributed by atoms with Gasteiger partial charge in [-0.25, -0.2) is 0 Å². The van der Waals surface area contributed by atoms with Crippen molar-refractivity contribution in [2.45, 2.75) is 5.41 Å². The van der Waals surface area contributed by atoms with Crippen LogP contribution in [0.3, 0.4) is 0 Å². The van der Waals surface area contributed by atoms with E-state index >= 15 is 0 Å². The molecular formula is C28H22O4. The van der Waals surface area contributed by atoms with Gasteiger partial charge in [0.25, 0.3) is 0 Å². The summed E-state index contributed by atoms with van der Waals surface area (Å²) in [6.45, 7) is 0. The first kappa shape index (κ1) is 21.1. The van der Waals surface area contributed by atoms with Gasteiger partial charge >= 0.3 is 11.9 Å². The molecule has 0 amide bonds. The molecule has 0 bridgehead atoms. The summed E-state index contributed by atoms with van der Waals surface area (Å²) in [5.41, 5.74) is 2.27. The van der Waals surface area contributed by atoms with Gasteiger partial charge in [0, 0.05) is 0 Å². The molecule has 1 aliphatic rings. The Balaban J connectivity index is 1.67. The van der Waals surface area contributed by atoms with Crippen LogP contribution in [0.5, 0.6) is 0 Å². The molecule has 0 fully saturated rings. The summed E-state index contributed by atoms with van der Waals surface area (Å²) in [7, 11) is 0. The minimum Gasteiger partial charge on any atom is -0.481 e. The third-order valence-corrected chi connectivity index (χ3v) is 5.77. The molecule has 2 unspecified atom stereocenters. The van der Waals surface area contributed by atoms with Gasteiger partial charge in [0.05, 0.1) is 0 Å². The van der Waals surface area contributed by atoms with Gasteiger partial charge in [-0.05, 0) is 27.8 Å². The number of carboxylic acid groups (broad SMARTS) is 2. The third kappa shape index (κ3) is 3.91. The zero-order valence-electron chi connectivity index (χ0n) is 17.3. The molecule has 158 valence electrons. The smallest absolute Gasteiger partial charge is 0.319 e. The molecule has 3 aromatic carbocycles. The van der Waals surface area contributed by atoms with E-state index in [4.69, 9.17) is 0 Å². The van der Waals surface area contributed by atoms with Crippen molar-refractivity contribution in [2.75, 3.05) is 0 Å². The lowest BCUT2D eigenvalue weighted by molar-refractivity contribution is -0.152. The van der Waals surface area contributed by atoms with E-state index in [1.165, 1.54) is 6.08 Å². The Morgan fingerprint density at radius 2 is 1.34 bits per heavy atom. The lowest BCUT2D eigenvalue weighted by Gasteiger charge is -2.35. The maximum Gasteiger partial charge on any atom is 0.319 e. The van der Waals surface area contributed by atoms with Crippen LogP contribution in [0, 0.1) is 5.92 Å². The molecular weight excluding hydrogens is 400 g/mol. The van der Waals surface area contributed by atoms with Crippen LogP contribution in [0.15, 0.2) is 115 Å². The highest BCUT2D eigenvalue weighted by Crippen LogP contribution is 2.42. The number of hydrogen-bond donors (Lipinski definition) is 2. The summed E-state index contributed by atoms with van der Waals surface area (Å²) in [6.07, 6.45) is 8.26. The molecule has 0 heterocycles. The van der Waals surface area contributed by atoms with Gasteiger partial charge in [-0.1, -0.05) is 115 Å². The van der Waals surface area contributed by atoms with E-state index in [2.05, 4.69) is 0 Å². The van der Waals surface area contributed by atoms with Crippen LogP contribution < -0.4 is 0 Å². The van der Waals surface area contributed by atoms with Gasteiger partial charge in [0.2, 0.25) is 0 Å². The van der Waals surface area contributed by atoms with Crippen molar-refractivity contribution < 1.29 is 19.8 Å². The monoisotopic (exact) mass is 422 g/mol. The third-order valence-electron chi connectivity index (χ3n) is 5.77. The Labute approximate surface area is 186 Å². The summed E-state index contributed by atoms with van der Waals surface area (Å²) in [6, 6.07) is 26.5. The maximum atomic E-state index is 12.4. The summed E-state index contributed by atoms with van der Waals surface area (Å²) in [5.74, 6) is -3.64. The Morgan fingerprint density at radius 3 is 1.94 bits per heavy atom. The zero-order chi connectivity index (χ0) is 22.6. The summed E-state index contributed by atoms with van der Waals surface area (Å²) in [5, 5.41) is 20.2. The molecule has 4 nitrogen and oxygen atoms in total. The topological polar surface area (TPSA) is 74.6 Å². The standard InChI is InChI=1S/C28H22O4/c29-26(30)25-23(10-7-19-28(25,27(31)32)24-11-5-2-6-12-24)18-15-20-13-16-22(17-14-20)21-8-3-1-4-9-21/h1-19,25H,(H,29,30)(H,31,32). The predicted molar refractivity (Wildman–Crippen MR) is 125 cm³/mol. The SMILES string of the molecule is O=C(O)C1C(C=Cc2ccc(-c3ccccc3)cc2)=CC=CC1(C(=O)O)c1ccccc1. The first-order valence-electron chi connectivity index (χ1n) is 10.3. The summed E-state index contributed by atoms with van der Waals surface area (Å²) >= 11 is 0. The number of carbonyl (C=O) groups is 2.